The first kappa shape index (κ1) is 27.6. The second-order valence-corrected chi connectivity index (χ2v) is 12.4. The van der Waals surface area contributed by atoms with Crippen LogP contribution in [0.15, 0.2) is 40.8 Å². The number of carboxylic acid groups (broad SMARTS) is 1. The molecule has 0 aliphatic heterocycles. The zero-order valence-corrected chi connectivity index (χ0v) is 22.9. The van der Waals surface area contributed by atoms with Crippen LogP contribution in [0.4, 0.5) is 10.1 Å². The highest BCUT2D eigenvalue weighted by Gasteiger charge is 2.43. The SMILES string of the molecule is CNC(=O)c1c(-c2ccc(F)cc2)oc2cc(N(CC(=O)NC3(C(=O)O)CCCC3)S(C)(=O)=O)c(C3CC3)cc12. The Kier molecular flexibility index (Phi) is 7.07. The zero-order valence-electron chi connectivity index (χ0n) is 22.1. The molecule has 5 rings (SSSR count). The van der Waals surface area contributed by atoms with Gasteiger partial charge in [0.05, 0.1) is 17.5 Å². The summed E-state index contributed by atoms with van der Waals surface area (Å²) in [4.78, 5) is 38.0. The standard InChI is InChI=1S/C28H30FN3O7S/c1-30-26(34)24-20-13-19(16-5-6-16)21(14-22(20)39-25(24)17-7-9-18(29)10-8-17)32(40(2,37)38)15-23(33)31-28(27(35)36)11-3-4-12-28/h7-10,13-14,16H,3-6,11-12,15H2,1-2H3,(H,30,34)(H,31,33)(H,35,36). The predicted octanol–water partition coefficient (Wildman–Crippen LogP) is 3.76. The maximum absolute atomic E-state index is 13.6. The fraction of sp³-hybridized carbons (Fsp3) is 0.393. The fourth-order valence-electron chi connectivity index (χ4n) is 5.43. The highest BCUT2D eigenvalue weighted by molar-refractivity contribution is 7.92. The van der Waals surface area contributed by atoms with Crippen LogP contribution in [-0.4, -0.2) is 56.7 Å². The molecule has 1 aromatic heterocycles. The molecule has 3 N–H and O–H groups in total. The van der Waals surface area contributed by atoms with Crippen LogP contribution in [-0.2, 0) is 19.6 Å². The fourth-order valence-corrected chi connectivity index (χ4v) is 6.30. The lowest BCUT2D eigenvalue weighted by atomic mass is 9.98. The van der Waals surface area contributed by atoms with E-state index in [9.17, 15) is 32.3 Å². The average Bonchev–Trinajstić information content (AvgIpc) is 3.52. The van der Waals surface area contributed by atoms with Crippen LogP contribution in [0.5, 0.6) is 0 Å². The van der Waals surface area contributed by atoms with Crippen LogP contribution in [0, 0.1) is 5.82 Å². The van der Waals surface area contributed by atoms with Crippen LogP contribution in [0.25, 0.3) is 22.3 Å². The first-order valence-corrected chi connectivity index (χ1v) is 14.9. The van der Waals surface area contributed by atoms with E-state index in [1.54, 1.807) is 6.07 Å². The number of anilines is 1. The van der Waals surface area contributed by atoms with Crippen molar-refractivity contribution in [3.8, 4) is 11.3 Å². The van der Waals surface area contributed by atoms with Gasteiger partial charge in [0.1, 0.15) is 29.2 Å². The number of hydrogen-bond acceptors (Lipinski definition) is 6. The Labute approximate surface area is 230 Å². The minimum atomic E-state index is -4.00. The maximum atomic E-state index is 13.6. The number of carbonyl (C=O) groups is 3. The number of furan rings is 1. The molecular weight excluding hydrogens is 541 g/mol. The van der Waals surface area contributed by atoms with E-state index in [0.717, 1.165) is 23.4 Å². The summed E-state index contributed by atoms with van der Waals surface area (Å²) in [6.07, 6.45) is 4.40. The number of sulfonamides is 1. The monoisotopic (exact) mass is 571 g/mol. The number of halogens is 1. The Hall–Kier alpha value is -3.93. The largest absolute Gasteiger partial charge is 0.480 e. The molecular formula is C28H30FN3O7S. The number of aliphatic carboxylic acids is 1. The molecule has 2 fully saturated rings. The smallest absolute Gasteiger partial charge is 0.329 e. The molecule has 0 atom stereocenters. The number of amides is 2. The highest BCUT2D eigenvalue weighted by Crippen LogP contribution is 2.48. The van der Waals surface area contributed by atoms with Gasteiger partial charge in [-0.25, -0.2) is 17.6 Å². The molecule has 2 aliphatic carbocycles. The van der Waals surface area contributed by atoms with E-state index in [4.69, 9.17) is 4.42 Å². The quantitative estimate of drug-likeness (QED) is 0.355. The van der Waals surface area contributed by atoms with Gasteiger partial charge in [-0.2, -0.15) is 0 Å². The van der Waals surface area contributed by atoms with Crippen molar-refractivity contribution >= 4 is 44.5 Å². The molecule has 40 heavy (non-hydrogen) atoms. The van der Waals surface area contributed by atoms with E-state index in [-0.39, 0.29) is 41.4 Å². The summed E-state index contributed by atoms with van der Waals surface area (Å²) in [5, 5.41) is 15.4. The minimum Gasteiger partial charge on any atom is -0.480 e. The Morgan fingerprint density at radius 1 is 1.12 bits per heavy atom. The predicted molar refractivity (Wildman–Crippen MR) is 146 cm³/mol. The van der Waals surface area contributed by atoms with Crippen LogP contribution >= 0.6 is 0 Å². The van der Waals surface area contributed by atoms with Crippen molar-refractivity contribution < 1.29 is 36.7 Å². The average molecular weight is 572 g/mol. The first-order valence-electron chi connectivity index (χ1n) is 13.0. The summed E-state index contributed by atoms with van der Waals surface area (Å²) in [6.45, 7) is -0.618. The van der Waals surface area contributed by atoms with Crippen LogP contribution in [0.1, 0.15) is 60.4 Å². The number of rotatable bonds is 9. The molecule has 0 spiro atoms. The lowest BCUT2D eigenvalue weighted by Gasteiger charge is -2.29. The van der Waals surface area contributed by atoms with Crippen LogP contribution < -0.4 is 14.9 Å². The van der Waals surface area contributed by atoms with E-state index < -0.39 is 45.7 Å². The van der Waals surface area contributed by atoms with Gasteiger partial charge in [-0.1, -0.05) is 12.8 Å². The van der Waals surface area contributed by atoms with Gasteiger partial charge >= 0.3 is 5.97 Å². The summed E-state index contributed by atoms with van der Waals surface area (Å²) in [6, 6.07) is 8.67. The normalized spacial score (nSPS) is 16.6. The lowest BCUT2D eigenvalue weighted by molar-refractivity contribution is -0.147. The number of nitrogens with one attached hydrogen (secondary N) is 2. The molecule has 1 heterocycles. The molecule has 12 heteroatoms. The number of fused-ring (bicyclic) bond motifs is 1. The summed E-state index contributed by atoms with van der Waals surface area (Å²) in [5.41, 5.74) is 0.342. The Morgan fingerprint density at radius 3 is 2.33 bits per heavy atom. The van der Waals surface area contributed by atoms with E-state index in [1.165, 1.54) is 37.4 Å². The lowest BCUT2D eigenvalue weighted by Crippen LogP contribution is -2.55. The molecule has 0 bridgehead atoms. The second-order valence-electron chi connectivity index (χ2n) is 10.5. The van der Waals surface area contributed by atoms with E-state index in [2.05, 4.69) is 10.6 Å². The van der Waals surface area contributed by atoms with E-state index in [1.807, 2.05) is 0 Å². The topological polar surface area (TPSA) is 146 Å². The molecule has 0 radical (unpaired) electrons. The minimum absolute atomic E-state index is 0.00798. The van der Waals surface area contributed by atoms with Gasteiger partial charge in [0, 0.05) is 24.1 Å². The molecule has 2 amide bonds. The van der Waals surface area contributed by atoms with Gasteiger partial charge in [-0.15, -0.1) is 0 Å². The number of benzene rings is 2. The second kappa shape index (κ2) is 10.2. The highest BCUT2D eigenvalue weighted by atomic mass is 32.2. The van der Waals surface area contributed by atoms with Gasteiger partial charge in [-0.05, 0) is 67.5 Å². The van der Waals surface area contributed by atoms with Crippen molar-refractivity contribution in [3.05, 3.63) is 53.3 Å². The third-order valence-electron chi connectivity index (χ3n) is 7.62. The van der Waals surface area contributed by atoms with Crippen molar-refractivity contribution in [2.75, 3.05) is 24.2 Å². The molecule has 2 saturated carbocycles. The molecule has 0 saturated heterocycles. The first-order chi connectivity index (χ1) is 18.9. The van der Waals surface area contributed by atoms with Crippen molar-refractivity contribution in [1.82, 2.24) is 10.6 Å². The summed E-state index contributed by atoms with van der Waals surface area (Å²) in [5.74, 6) is -2.55. The maximum Gasteiger partial charge on any atom is 0.329 e. The molecule has 10 nitrogen and oxygen atoms in total. The molecule has 3 aromatic rings. The van der Waals surface area contributed by atoms with Gasteiger partial charge in [-0.3, -0.25) is 13.9 Å². The van der Waals surface area contributed by atoms with Crippen molar-refractivity contribution in [2.45, 2.75) is 50.0 Å². The van der Waals surface area contributed by atoms with E-state index in [0.29, 0.717) is 29.4 Å². The van der Waals surface area contributed by atoms with E-state index >= 15 is 0 Å². The van der Waals surface area contributed by atoms with Crippen molar-refractivity contribution in [3.63, 3.8) is 0 Å². The third kappa shape index (κ3) is 5.15. The summed E-state index contributed by atoms with van der Waals surface area (Å²) >= 11 is 0. The van der Waals surface area contributed by atoms with Crippen molar-refractivity contribution in [2.24, 2.45) is 0 Å². The molecule has 2 aromatic carbocycles. The number of carboxylic acids is 1. The van der Waals surface area contributed by atoms with Crippen LogP contribution in [0.2, 0.25) is 0 Å². The number of carbonyl (C=O) groups excluding carboxylic acids is 2. The van der Waals surface area contributed by atoms with Gasteiger partial charge < -0.3 is 20.2 Å². The molecule has 2 aliphatic rings. The Balaban J connectivity index is 1.62. The zero-order chi connectivity index (χ0) is 28.8. The molecule has 212 valence electrons. The molecule has 0 unspecified atom stereocenters. The number of hydrogen-bond donors (Lipinski definition) is 3. The third-order valence-corrected chi connectivity index (χ3v) is 8.74. The summed E-state index contributed by atoms with van der Waals surface area (Å²) < 4.78 is 46.7. The summed E-state index contributed by atoms with van der Waals surface area (Å²) in [7, 11) is -2.53. The van der Waals surface area contributed by atoms with Gasteiger partial charge in [0.2, 0.25) is 15.9 Å². The van der Waals surface area contributed by atoms with Gasteiger partial charge in [0.25, 0.3) is 5.91 Å². The van der Waals surface area contributed by atoms with Crippen LogP contribution in [0.3, 0.4) is 0 Å². The van der Waals surface area contributed by atoms with Crippen molar-refractivity contribution in [1.29, 1.82) is 0 Å². The Bertz CT molecular complexity index is 1600. The number of nitrogens with zero attached hydrogens (tertiary/aromatic N) is 1. The Morgan fingerprint density at radius 2 is 1.77 bits per heavy atom. The van der Waals surface area contributed by atoms with Gasteiger partial charge in [0.15, 0.2) is 0 Å².